The fourth-order valence-electron chi connectivity index (χ4n) is 2.47. The molecule has 0 amide bonds. The monoisotopic (exact) mass is 333 g/mol. The van der Waals surface area contributed by atoms with Crippen LogP contribution in [0.15, 0.2) is 47.6 Å². The van der Waals surface area contributed by atoms with Crippen LogP contribution >= 0.6 is 22.9 Å². The fourth-order valence-corrected chi connectivity index (χ4v) is 3.48. The summed E-state index contributed by atoms with van der Waals surface area (Å²) in [6.45, 7) is 2.00. The van der Waals surface area contributed by atoms with Crippen LogP contribution in [0.2, 0.25) is 4.34 Å². The highest BCUT2D eigenvalue weighted by atomic mass is 35.5. The average molecular weight is 334 g/mol. The highest BCUT2D eigenvalue weighted by Gasteiger charge is 2.35. The molecule has 0 fully saturated rings. The van der Waals surface area contributed by atoms with Gasteiger partial charge in [0.25, 0.3) is 0 Å². The minimum Gasteiger partial charge on any atom is -0.389 e. The third-order valence-corrected chi connectivity index (χ3v) is 5.03. The van der Waals surface area contributed by atoms with Crippen molar-refractivity contribution in [2.45, 2.75) is 31.8 Å². The maximum atomic E-state index is 12.2. The van der Waals surface area contributed by atoms with E-state index in [1.807, 2.05) is 37.3 Å². The molecular weight excluding hydrogens is 318 g/mol. The summed E-state index contributed by atoms with van der Waals surface area (Å²) in [7, 11) is 0. The van der Waals surface area contributed by atoms with Crippen LogP contribution in [0, 0.1) is 0 Å². The summed E-state index contributed by atoms with van der Waals surface area (Å²) >= 11 is 7.19. The number of nitrogens with zero attached hydrogens (tertiary/aromatic N) is 1. The van der Waals surface area contributed by atoms with Gasteiger partial charge in [-0.05, 0) is 31.0 Å². The van der Waals surface area contributed by atoms with Gasteiger partial charge in [0.1, 0.15) is 5.60 Å². The number of oxime groups is 1. The lowest BCUT2D eigenvalue weighted by atomic mass is 9.91. The minimum absolute atomic E-state index is 0.106. The summed E-state index contributed by atoms with van der Waals surface area (Å²) in [4.78, 5) is 18.5. The molecule has 2 heterocycles. The minimum atomic E-state index is -0.415. The number of halogens is 1. The maximum absolute atomic E-state index is 12.2. The molecule has 1 aromatic carbocycles. The Balaban J connectivity index is 1.59. The number of ketones is 1. The molecule has 0 saturated heterocycles. The van der Waals surface area contributed by atoms with E-state index >= 15 is 0 Å². The summed E-state index contributed by atoms with van der Waals surface area (Å²) in [5.41, 5.74) is 1.60. The summed E-state index contributed by atoms with van der Waals surface area (Å²) in [6, 6.07) is 13.5. The van der Waals surface area contributed by atoms with Crippen LogP contribution in [0.25, 0.3) is 0 Å². The Bertz CT molecular complexity index is 710. The second-order valence-corrected chi connectivity index (χ2v) is 7.36. The van der Waals surface area contributed by atoms with Crippen LogP contribution in [0.1, 0.15) is 41.4 Å². The molecule has 3 nitrogen and oxygen atoms in total. The van der Waals surface area contributed by atoms with Crippen molar-refractivity contribution in [3.05, 3.63) is 57.2 Å². The fraction of sp³-hybridized carbons (Fsp3) is 0.294. The van der Waals surface area contributed by atoms with Crippen LogP contribution in [0.3, 0.4) is 0 Å². The molecule has 1 atom stereocenters. The topological polar surface area (TPSA) is 38.7 Å². The Hall–Kier alpha value is -1.65. The quantitative estimate of drug-likeness (QED) is 0.726. The second-order valence-electron chi connectivity index (χ2n) is 5.65. The molecule has 1 aliphatic rings. The molecule has 1 aromatic heterocycles. The second kappa shape index (κ2) is 6.23. The van der Waals surface area contributed by atoms with Crippen molar-refractivity contribution >= 4 is 34.4 Å². The van der Waals surface area contributed by atoms with Gasteiger partial charge in [0.2, 0.25) is 0 Å². The molecule has 1 unspecified atom stereocenters. The largest absolute Gasteiger partial charge is 0.389 e. The summed E-state index contributed by atoms with van der Waals surface area (Å²) in [6.07, 6.45) is 1.79. The zero-order chi connectivity index (χ0) is 15.6. The number of hydrogen-bond acceptors (Lipinski definition) is 4. The lowest BCUT2D eigenvalue weighted by Gasteiger charge is -2.20. The van der Waals surface area contributed by atoms with Crippen LogP contribution in [-0.2, 0) is 4.84 Å². The smallest absolute Gasteiger partial charge is 0.172 e. The Morgan fingerprint density at radius 1 is 1.32 bits per heavy atom. The van der Waals surface area contributed by atoms with E-state index in [0.717, 1.165) is 17.7 Å². The first-order valence-electron chi connectivity index (χ1n) is 7.15. The van der Waals surface area contributed by atoms with E-state index in [-0.39, 0.29) is 5.78 Å². The van der Waals surface area contributed by atoms with E-state index in [2.05, 4.69) is 5.16 Å². The number of rotatable bonds is 5. The SMILES string of the molecule is CC1(CCC(=O)c2ccc(Cl)s2)CC(c2ccccc2)=NO1. The highest BCUT2D eigenvalue weighted by Crippen LogP contribution is 2.32. The van der Waals surface area contributed by atoms with Gasteiger partial charge in [-0.3, -0.25) is 4.79 Å². The summed E-state index contributed by atoms with van der Waals surface area (Å²) in [5, 5.41) is 4.20. The van der Waals surface area contributed by atoms with Gasteiger partial charge in [-0.1, -0.05) is 47.1 Å². The number of hydrogen-bond donors (Lipinski definition) is 0. The summed E-state index contributed by atoms with van der Waals surface area (Å²) in [5.74, 6) is 0.106. The first kappa shape index (κ1) is 15.3. The van der Waals surface area contributed by atoms with Gasteiger partial charge in [-0.2, -0.15) is 0 Å². The average Bonchev–Trinajstić information content (AvgIpc) is 3.13. The van der Waals surface area contributed by atoms with Crippen molar-refractivity contribution in [3.8, 4) is 0 Å². The molecule has 22 heavy (non-hydrogen) atoms. The predicted molar refractivity (Wildman–Crippen MR) is 90.0 cm³/mol. The highest BCUT2D eigenvalue weighted by molar-refractivity contribution is 7.18. The summed E-state index contributed by atoms with van der Waals surface area (Å²) < 4.78 is 0.640. The number of carbonyl (C=O) groups excluding carboxylic acids is 1. The van der Waals surface area contributed by atoms with Crippen molar-refractivity contribution in [3.63, 3.8) is 0 Å². The van der Waals surface area contributed by atoms with E-state index in [1.165, 1.54) is 11.3 Å². The van der Waals surface area contributed by atoms with Gasteiger partial charge in [-0.15, -0.1) is 11.3 Å². The first-order valence-corrected chi connectivity index (χ1v) is 8.34. The maximum Gasteiger partial charge on any atom is 0.172 e. The van der Waals surface area contributed by atoms with Crippen molar-refractivity contribution in [2.24, 2.45) is 5.16 Å². The zero-order valence-corrected chi connectivity index (χ0v) is 13.8. The Morgan fingerprint density at radius 3 is 2.77 bits per heavy atom. The van der Waals surface area contributed by atoms with Crippen molar-refractivity contribution in [2.75, 3.05) is 0 Å². The van der Waals surface area contributed by atoms with Crippen molar-refractivity contribution in [1.29, 1.82) is 0 Å². The number of carbonyl (C=O) groups is 1. The van der Waals surface area contributed by atoms with E-state index in [0.29, 0.717) is 22.1 Å². The Morgan fingerprint density at radius 2 is 2.09 bits per heavy atom. The standard InChI is InChI=1S/C17H16ClNO2S/c1-17(10-9-14(20)15-7-8-16(18)22-15)11-13(19-21-17)12-5-3-2-4-6-12/h2-8H,9-11H2,1H3. The molecule has 0 spiro atoms. The molecule has 0 saturated carbocycles. The molecule has 0 aliphatic carbocycles. The van der Waals surface area contributed by atoms with Gasteiger partial charge in [-0.25, -0.2) is 0 Å². The molecule has 0 radical (unpaired) electrons. The zero-order valence-electron chi connectivity index (χ0n) is 12.2. The number of thiophene rings is 1. The molecule has 3 rings (SSSR count). The van der Waals surface area contributed by atoms with Gasteiger partial charge in [0.15, 0.2) is 5.78 Å². The van der Waals surface area contributed by atoms with E-state index < -0.39 is 5.60 Å². The Kier molecular flexibility index (Phi) is 4.32. The Labute approximate surface area is 138 Å². The first-order chi connectivity index (χ1) is 10.6. The molecule has 1 aliphatic heterocycles. The van der Waals surface area contributed by atoms with Gasteiger partial charge in [0.05, 0.1) is 14.9 Å². The van der Waals surface area contributed by atoms with Crippen LogP contribution < -0.4 is 0 Å². The van der Waals surface area contributed by atoms with Crippen LogP contribution in [0.4, 0.5) is 0 Å². The van der Waals surface area contributed by atoms with Crippen LogP contribution in [-0.4, -0.2) is 17.1 Å². The van der Waals surface area contributed by atoms with E-state index in [4.69, 9.17) is 16.4 Å². The molecular formula is C17H16ClNO2S. The molecule has 0 N–H and O–H groups in total. The molecule has 0 bridgehead atoms. The van der Waals surface area contributed by atoms with Gasteiger partial charge < -0.3 is 4.84 Å². The predicted octanol–water partition coefficient (Wildman–Crippen LogP) is 4.95. The molecule has 5 heteroatoms. The molecule has 114 valence electrons. The normalized spacial score (nSPS) is 20.5. The number of benzene rings is 1. The van der Waals surface area contributed by atoms with Crippen LogP contribution in [0.5, 0.6) is 0 Å². The molecule has 2 aromatic rings. The lowest BCUT2D eigenvalue weighted by molar-refractivity contribution is -0.0103. The van der Waals surface area contributed by atoms with Gasteiger partial charge >= 0.3 is 0 Å². The van der Waals surface area contributed by atoms with Crippen molar-refractivity contribution < 1.29 is 9.63 Å². The number of Topliss-reactive ketones (excluding diaryl/α,β-unsaturated/α-hetero) is 1. The van der Waals surface area contributed by atoms with Crippen molar-refractivity contribution in [1.82, 2.24) is 0 Å². The lowest BCUT2D eigenvalue weighted by Crippen LogP contribution is -2.25. The third-order valence-electron chi connectivity index (χ3n) is 3.75. The van der Waals surface area contributed by atoms with Gasteiger partial charge in [0, 0.05) is 12.8 Å². The third kappa shape index (κ3) is 3.39. The van der Waals surface area contributed by atoms with E-state index in [9.17, 15) is 4.79 Å². The van der Waals surface area contributed by atoms with E-state index in [1.54, 1.807) is 12.1 Å².